The van der Waals surface area contributed by atoms with Crippen LogP contribution in [0.4, 0.5) is 0 Å². The van der Waals surface area contributed by atoms with Crippen molar-refractivity contribution in [1.29, 1.82) is 0 Å². The summed E-state index contributed by atoms with van der Waals surface area (Å²) in [5.41, 5.74) is 0. The van der Waals surface area contributed by atoms with Gasteiger partial charge in [0, 0.05) is 18.9 Å². The van der Waals surface area contributed by atoms with Crippen LogP contribution in [0.15, 0.2) is 18.5 Å². The molecule has 0 spiro atoms. The van der Waals surface area contributed by atoms with Gasteiger partial charge in [-0.05, 0) is 24.9 Å². The van der Waals surface area contributed by atoms with E-state index in [0.717, 1.165) is 19.0 Å². The summed E-state index contributed by atoms with van der Waals surface area (Å²) < 4.78 is 1.97. The van der Waals surface area contributed by atoms with Gasteiger partial charge in [-0.15, -0.1) is 0 Å². The number of nitrogens with one attached hydrogen (secondary N) is 1. The number of hydrogen-bond donors (Lipinski definition) is 1. The number of nitrogens with zero attached hydrogens (tertiary/aromatic N) is 2. The van der Waals surface area contributed by atoms with Gasteiger partial charge in [-0.25, -0.2) is 0 Å². The highest BCUT2D eigenvalue weighted by atomic mass is 15.3. The first-order chi connectivity index (χ1) is 6.95. The van der Waals surface area contributed by atoms with E-state index < -0.39 is 0 Å². The molecule has 1 N–H and O–H groups in total. The minimum atomic E-state index is 0.984. The molecule has 1 aliphatic rings. The second kappa shape index (κ2) is 5.15. The molecule has 1 aromatic heterocycles. The summed E-state index contributed by atoms with van der Waals surface area (Å²) in [5, 5.41) is 7.61. The fraction of sp³-hybridized carbons (Fsp3) is 0.727. The Hall–Kier alpha value is -0.830. The zero-order valence-electron chi connectivity index (χ0n) is 8.65. The Kier molecular flexibility index (Phi) is 3.57. The van der Waals surface area contributed by atoms with E-state index in [9.17, 15) is 0 Å². The Labute approximate surface area is 85.5 Å². The molecule has 14 heavy (non-hydrogen) atoms. The first kappa shape index (κ1) is 9.71. The van der Waals surface area contributed by atoms with Crippen LogP contribution < -0.4 is 5.32 Å². The van der Waals surface area contributed by atoms with E-state index in [0.29, 0.717) is 0 Å². The van der Waals surface area contributed by atoms with Crippen molar-refractivity contribution in [2.45, 2.75) is 32.2 Å². The van der Waals surface area contributed by atoms with Gasteiger partial charge in [0.2, 0.25) is 0 Å². The fourth-order valence-corrected chi connectivity index (χ4v) is 1.84. The molecule has 0 bridgehead atoms. The molecule has 0 aliphatic heterocycles. The van der Waals surface area contributed by atoms with Crippen molar-refractivity contribution in [1.82, 2.24) is 15.1 Å². The molecule has 0 unspecified atom stereocenters. The van der Waals surface area contributed by atoms with Gasteiger partial charge in [0.05, 0.1) is 6.54 Å². The molecule has 1 heterocycles. The number of hydrogen-bond acceptors (Lipinski definition) is 2. The number of aromatic nitrogens is 2. The molecule has 0 radical (unpaired) electrons. The molecule has 0 atom stereocenters. The highest BCUT2D eigenvalue weighted by Gasteiger charge is 2.15. The lowest BCUT2D eigenvalue weighted by Crippen LogP contribution is -2.24. The lowest BCUT2D eigenvalue weighted by Gasteiger charge is -2.25. The Morgan fingerprint density at radius 1 is 1.36 bits per heavy atom. The standard InChI is InChI=1S/C11H19N3/c1-3-11(4-1)5-7-12-8-10-14-9-2-6-13-14/h2,6,9,11-12H,1,3-5,7-8,10H2. The second-order valence-electron chi connectivity index (χ2n) is 4.10. The lowest BCUT2D eigenvalue weighted by atomic mass is 9.83. The molecule has 78 valence electrons. The van der Waals surface area contributed by atoms with Crippen molar-refractivity contribution in [3.8, 4) is 0 Å². The van der Waals surface area contributed by atoms with E-state index in [4.69, 9.17) is 0 Å². The van der Waals surface area contributed by atoms with Gasteiger partial charge in [-0.1, -0.05) is 19.3 Å². The van der Waals surface area contributed by atoms with Crippen molar-refractivity contribution in [3.63, 3.8) is 0 Å². The minimum Gasteiger partial charge on any atom is -0.315 e. The van der Waals surface area contributed by atoms with Crippen LogP contribution in [-0.4, -0.2) is 22.9 Å². The maximum absolute atomic E-state index is 4.15. The highest BCUT2D eigenvalue weighted by Crippen LogP contribution is 2.28. The lowest BCUT2D eigenvalue weighted by molar-refractivity contribution is 0.291. The smallest absolute Gasteiger partial charge is 0.0533 e. The van der Waals surface area contributed by atoms with Gasteiger partial charge in [-0.3, -0.25) is 4.68 Å². The average molecular weight is 193 g/mol. The Balaban J connectivity index is 1.47. The van der Waals surface area contributed by atoms with Gasteiger partial charge >= 0.3 is 0 Å². The van der Waals surface area contributed by atoms with Crippen LogP contribution in [0.5, 0.6) is 0 Å². The summed E-state index contributed by atoms with van der Waals surface area (Å²) in [7, 11) is 0. The normalized spacial score (nSPS) is 16.9. The van der Waals surface area contributed by atoms with Crippen LogP contribution in [0.1, 0.15) is 25.7 Å². The monoisotopic (exact) mass is 193 g/mol. The third-order valence-electron chi connectivity index (χ3n) is 3.03. The summed E-state index contributed by atoms with van der Waals surface area (Å²) in [5.74, 6) is 1.02. The van der Waals surface area contributed by atoms with Crippen molar-refractivity contribution in [2.75, 3.05) is 13.1 Å². The van der Waals surface area contributed by atoms with E-state index in [2.05, 4.69) is 10.4 Å². The van der Waals surface area contributed by atoms with Crippen LogP contribution in [0.3, 0.4) is 0 Å². The first-order valence-corrected chi connectivity index (χ1v) is 5.63. The summed E-state index contributed by atoms with van der Waals surface area (Å²) in [6, 6.07) is 1.97. The topological polar surface area (TPSA) is 29.9 Å². The Morgan fingerprint density at radius 3 is 2.93 bits per heavy atom. The Bertz CT molecular complexity index is 239. The molecule has 3 heteroatoms. The van der Waals surface area contributed by atoms with Crippen molar-refractivity contribution < 1.29 is 0 Å². The molecule has 0 aromatic carbocycles. The Morgan fingerprint density at radius 2 is 2.29 bits per heavy atom. The number of rotatable bonds is 6. The van der Waals surface area contributed by atoms with E-state index in [1.165, 1.54) is 32.2 Å². The van der Waals surface area contributed by atoms with Crippen molar-refractivity contribution in [3.05, 3.63) is 18.5 Å². The quantitative estimate of drug-likeness (QED) is 0.696. The zero-order valence-corrected chi connectivity index (χ0v) is 8.65. The van der Waals surface area contributed by atoms with Gasteiger partial charge in [0.15, 0.2) is 0 Å². The summed E-state index contributed by atoms with van der Waals surface area (Å²) >= 11 is 0. The van der Waals surface area contributed by atoms with Gasteiger partial charge in [0.1, 0.15) is 0 Å². The third kappa shape index (κ3) is 2.84. The van der Waals surface area contributed by atoms with Gasteiger partial charge < -0.3 is 5.32 Å². The summed E-state index contributed by atoms with van der Waals surface area (Å²) in [6.07, 6.45) is 9.57. The average Bonchev–Trinajstić information content (AvgIpc) is 2.60. The largest absolute Gasteiger partial charge is 0.315 e. The summed E-state index contributed by atoms with van der Waals surface area (Å²) in [4.78, 5) is 0. The fourth-order valence-electron chi connectivity index (χ4n) is 1.84. The van der Waals surface area contributed by atoms with Gasteiger partial charge in [0.25, 0.3) is 0 Å². The van der Waals surface area contributed by atoms with E-state index in [-0.39, 0.29) is 0 Å². The van der Waals surface area contributed by atoms with Crippen molar-refractivity contribution in [2.24, 2.45) is 5.92 Å². The summed E-state index contributed by atoms with van der Waals surface area (Å²) in [6.45, 7) is 3.19. The zero-order chi connectivity index (χ0) is 9.64. The van der Waals surface area contributed by atoms with Crippen LogP contribution in [-0.2, 0) is 6.54 Å². The maximum Gasteiger partial charge on any atom is 0.0533 e. The van der Waals surface area contributed by atoms with Crippen LogP contribution in [0, 0.1) is 5.92 Å². The van der Waals surface area contributed by atoms with Crippen LogP contribution >= 0.6 is 0 Å². The van der Waals surface area contributed by atoms with E-state index >= 15 is 0 Å². The van der Waals surface area contributed by atoms with Crippen LogP contribution in [0.25, 0.3) is 0 Å². The second-order valence-corrected chi connectivity index (χ2v) is 4.10. The molecular weight excluding hydrogens is 174 g/mol. The first-order valence-electron chi connectivity index (χ1n) is 5.63. The minimum absolute atomic E-state index is 0.984. The maximum atomic E-state index is 4.15. The van der Waals surface area contributed by atoms with Gasteiger partial charge in [-0.2, -0.15) is 5.10 Å². The van der Waals surface area contributed by atoms with E-state index in [1.807, 2.05) is 23.1 Å². The predicted octanol–water partition coefficient (Wildman–Crippen LogP) is 1.66. The molecular formula is C11H19N3. The highest BCUT2D eigenvalue weighted by molar-refractivity contribution is 4.77. The molecule has 3 nitrogen and oxygen atoms in total. The molecule has 1 fully saturated rings. The molecule has 1 aromatic rings. The SMILES string of the molecule is c1cnn(CCNCCC2CCC2)c1. The molecule has 1 saturated carbocycles. The van der Waals surface area contributed by atoms with Crippen molar-refractivity contribution >= 4 is 0 Å². The molecule has 0 saturated heterocycles. The van der Waals surface area contributed by atoms with E-state index in [1.54, 1.807) is 0 Å². The van der Waals surface area contributed by atoms with Crippen LogP contribution in [0.2, 0.25) is 0 Å². The molecule has 1 aliphatic carbocycles. The third-order valence-corrected chi connectivity index (χ3v) is 3.03. The molecule has 2 rings (SSSR count). The predicted molar refractivity (Wildman–Crippen MR) is 57.1 cm³/mol. The molecule has 0 amide bonds.